The van der Waals surface area contributed by atoms with Gasteiger partial charge in [-0.2, -0.15) is 0 Å². The van der Waals surface area contributed by atoms with Crippen molar-refractivity contribution in [1.29, 1.82) is 0 Å². The minimum absolute atomic E-state index is 0.455. The largest absolute Gasteiger partial charge is 0.0759 e. The maximum atomic E-state index is 2.68. The van der Waals surface area contributed by atoms with Crippen LogP contribution in [-0.4, -0.2) is 0 Å². The van der Waals surface area contributed by atoms with Crippen LogP contribution in [0.25, 0.3) is 65.3 Å². The Hall–Kier alpha value is -4.86. The average Bonchev–Trinajstić information content (AvgIpc) is 3.49. The van der Waals surface area contributed by atoms with Crippen molar-refractivity contribution in [2.24, 2.45) is 0 Å². The molecule has 0 atom stereocenters. The van der Waals surface area contributed by atoms with Crippen LogP contribution < -0.4 is 0 Å². The van der Waals surface area contributed by atoms with Gasteiger partial charge in [-0.1, -0.05) is 174 Å². The Labute approximate surface area is 308 Å². The minimum atomic E-state index is -0.455. The van der Waals surface area contributed by atoms with Crippen molar-refractivity contribution in [2.75, 3.05) is 0 Å². The molecule has 1 aliphatic carbocycles. The molecule has 0 radical (unpaired) electrons. The third-order valence-electron chi connectivity index (χ3n) is 11.8. The summed E-state index contributed by atoms with van der Waals surface area (Å²) in [5, 5.41) is 14.3. The van der Waals surface area contributed by atoms with E-state index in [9.17, 15) is 0 Å². The number of hydrogen-bond acceptors (Lipinski definition) is 0. The van der Waals surface area contributed by atoms with Crippen LogP contribution in [0.2, 0.25) is 0 Å². The van der Waals surface area contributed by atoms with E-state index in [1.54, 1.807) is 10.6 Å². The normalized spacial score (nSPS) is 16.1. The molecule has 8 aromatic rings. The van der Waals surface area contributed by atoms with E-state index in [0.29, 0.717) is 0 Å². The van der Waals surface area contributed by atoms with E-state index in [2.05, 4.69) is 158 Å². The molecule has 0 N–H and O–H groups in total. The predicted octanol–water partition coefficient (Wildman–Crippen LogP) is 14.9. The van der Waals surface area contributed by atoms with Gasteiger partial charge in [-0.05, 0) is 136 Å². The van der Waals surface area contributed by atoms with Crippen LogP contribution in [0.4, 0.5) is 0 Å². The smallest absolute Gasteiger partial charge is 0.00233 e. The molecule has 8 aromatic carbocycles. The van der Waals surface area contributed by atoms with E-state index in [-0.39, 0.29) is 0 Å². The predicted molar refractivity (Wildman–Crippen MR) is 228 cm³/mol. The summed E-state index contributed by atoms with van der Waals surface area (Å²) >= 11 is 0. The topological polar surface area (TPSA) is 0 Å². The highest BCUT2D eigenvalue weighted by Crippen LogP contribution is 2.68. The first-order chi connectivity index (χ1) is 25.8. The van der Waals surface area contributed by atoms with Crippen LogP contribution in [0.3, 0.4) is 0 Å². The van der Waals surface area contributed by atoms with Gasteiger partial charge in [0.05, 0.1) is 0 Å². The standard InChI is InChI=1S/C50H38P2/c1-5-15-41-33(11-1)21-25-37-29-51(30-38-26-22-34-12-2-6-16-42(34)48(38)47(37)41)45-19-9-10-20-46(45)52-31-39-27-23-35-13-3-7-17-43(35)49(39)50-40(32-52)28-24-36-14-4-8-18-44(36)50/h1-8,11-28H,9-10,29-32H2. The van der Waals surface area contributed by atoms with Crippen molar-refractivity contribution in [3.63, 3.8) is 0 Å². The monoisotopic (exact) mass is 700 g/mol. The van der Waals surface area contributed by atoms with Gasteiger partial charge < -0.3 is 0 Å². The van der Waals surface area contributed by atoms with Crippen LogP contribution in [0.1, 0.15) is 35.1 Å². The lowest BCUT2D eigenvalue weighted by molar-refractivity contribution is 1.02. The van der Waals surface area contributed by atoms with Crippen molar-refractivity contribution in [3.8, 4) is 22.3 Å². The van der Waals surface area contributed by atoms with Crippen molar-refractivity contribution >= 4 is 58.9 Å². The molecular weight excluding hydrogens is 662 g/mol. The van der Waals surface area contributed by atoms with Gasteiger partial charge in [-0.25, -0.2) is 0 Å². The van der Waals surface area contributed by atoms with E-state index in [1.165, 1.54) is 87.6 Å². The lowest BCUT2D eigenvalue weighted by Crippen LogP contribution is -2.00. The Morgan fingerprint density at radius 2 is 0.558 bits per heavy atom. The second kappa shape index (κ2) is 12.4. The van der Waals surface area contributed by atoms with Gasteiger partial charge in [0.2, 0.25) is 0 Å². The third-order valence-corrected chi connectivity index (χ3v) is 17.1. The molecule has 0 bridgehead atoms. The maximum absolute atomic E-state index is 2.68. The van der Waals surface area contributed by atoms with Crippen LogP contribution in [0, 0.1) is 0 Å². The molecule has 3 aliphatic rings. The number of benzene rings is 8. The quantitative estimate of drug-likeness (QED) is 0.158. The van der Waals surface area contributed by atoms with Crippen molar-refractivity contribution in [1.82, 2.24) is 0 Å². The summed E-state index contributed by atoms with van der Waals surface area (Å²) in [4.78, 5) is 0. The molecule has 0 amide bonds. The molecule has 0 unspecified atom stereocenters. The summed E-state index contributed by atoms with van der Waals surface area (Å²) in [5.74, 6) is 0. The van der Waals surface area contributed by atoms with Crippen molar-refractivity contribution in [3.05, 3.63) is 191 Å². The summed E-state index contributed by atoms with van der Waals surface area (Å²) in [6.45, 7) is 0. The zero-order chi connectivity index (χ0) is 34.2. The van der Waals surface area contributed by atoms with E-state index in [0.717, 1.165) is 37.5 Å². The second-order valence-corrected chi connectivity index (χ2v) is 19.1. The van der Waals surface area contributed by atoms with Gasteiger partial charge in [0.25, 0.3) is 0 Å². The highest BCUT2D eigenvalue weighted by atomic mass is 31.1. The highest BCUT2D eigenvalue weighted by molar-refractivity contribution is 7.66. The number of fused-ring (bicyclic) bond motifs is 14. The molecule has 0 saturated carbocycles. The molecule has 0 fully saturated rings. The zero-order valence-electron chi connectivity index (χ0n) is 29.1. The second-order valence-electron chi connectivity index (χ2n) is 14.8. The van der Waals surface area contributed by atoms with Gasteiger partial charge >= 0.3 is 0 Å². The third kappa shape index (κ3) is 4.89. The first-order valence-corrected chi connectivity index (χ1v) is 22.1. The van der Waals surface area contributed by atoms with E-state index in [4.69, 9.17) is 0 Å². The van der Waals surface area contributed by atoms with Crippen molar-refractivity contribution < 1.29 is 0 Å². The number of rotatable bonds is 2. The van der Waals surface area contributed by atoms with E-state index >= 15 is 0 Å². The Balaban J connectivity index is 1.07. The fourth-order valence-corrected chi connectivity index (χ4v) is 15.5. The molecule has 52 heavy (non-hydrogen) atoms. The van der Waals surface area contributed by atoms with Gasteiger partial charge in [0.15, 0.2) is 0 Å². The first-order valence-electron chi connectivity index (χ1n) is 18.7. The van der Waals surface area contributed by atoms with E-state index in [1.807, 2.05) is 0 Å². The zero-order valence-corrected chi connectivity index (χ0v) is 30.9. The number of allylic oxidation sites excluding steroid dienone is 4. The van der Waals surface area contributed by atoms with Gasteiger partial charge in [0.1, 0.15) is 0 Å². The Bertz CT molecular complexity index is 2450. The van der Waals surface area contributed by atoms with Gasteiger partial charge in [0, 0.05) is 0 Å². The van der Waals surface area contributed by atoms with Gasteiger partial charge in [-0.15, -0.1) is 0 Å². The van der Waals surface area contributed by atoms with Crippen LogP contribution >= 0.6 is 15.8 Å². The van der Waals surface area contributed by atoms with E-state index < -0.39 is 15.8 Å². The molecule has 248 valence electrons. The average molecular weight is 701 g/mol. The van der Waals surface area contributed by atoms with Crippen LogP contribution in [-0.2, 0) is 24.6 Å². The fourth-order valence-electron chi connectivity index (χ4n) is 9.48. The fraction of sp³-hybridized carbons (Fsp3) is 0.120. The molecule has 2 heterocycles. The molecule has 0 saturated heterocycles. The summed E-state index contributed by atoms with van der Waals surface area (Å²) in [6.07, 6.45) is 12.2. The summed E-state index contributed by atoms with van der Waals surface area (Å²) in [5.41, 5.74) is 12.0. The molecule has 11 rings (SSSR count). The Morgan fingerprint density at radius 3 is 0.846 bits per heavy atom. The Morgan fingerprint density at radius 1 is 0.288 bits per heavy atom. The number of hydrogen-bond donors (Lipinski definition) is 0. The molecule has 0 nitrogen and oxygen atoms in total. The lowest BCUT2D eigenvalue weighted by Gasteiger charge is -2.30. The Kier molecular flexibility index (Phi) is 7.32. The SMILES string of the molecule is C1=C(P2Cc3ccc4ccccc4c3-c3c(ccc4ccccc34)C2)C(P2Cc3ccc4ccccc4c3-c3c(ccc4ccccc34)C2)=CCC1. The summed E-state index contributed by atoms with van der Waals surface area (Å²) < 4.78 is 0. The molecular formula is C50H38P2. The van der Waals surface area contributed by atoms with Crippen LogP contribution in [0.5, 0.6) is 0 Å². The molecule has 2 heteroatoms. The summed E-state index contributed by atoms with van der Waals surface area (Å²) in [6, 6.07) is 55.6. The lowest BCUT2D eigenvalue weighted by atomic mass is 9.88. The highest BCUT2D eigenvalue weighted by Gasteiger charge is 2.33. The molecule has 2 aliphatic heterocycles. The maximum Gasteiger partial charge on any atom is -0.00233 e. The minimum Gasteiger partial charge on any atom is -0.0759 e. The molecule has 0 spiro atoms. The summed E-state index contributed by atoms with van der Waals surface area (Å²) in [7, 11) is -0.911. The van der Waals surface area contributed by atoms with Crippen molar-refractivity contribution in [2.45, 2.75) is 37.5 Å². The van der Waals surface area contributed by atoms with Crippen LogP contribution in [0.15, 0.2) is 168 Å². The van der Waals surface area contributed by atoms with Gasteiger partial charge in [-0.3, -0.25) is 0 Å². The first kappa shape index (κ1) is 30.7. The molecule has 0 aromatic heterocycles.